The van der Waals surface area contributed by atoms with Crippen molar-refractivity contribution in [3.63, 3.8) is 0 Å². The lowest BCUT2D eigenvalue weighted by molar-refractivity contribution is -0.412. The second-order valence-electron chi connectivity index (χ2n) is 31.1. The van der Waals surface area contributed by atoms with Gasteiger partial charge in [-0.3, -0.25) is 0 Å². The summed E-state index contributed by atoms with van der Waals surface area (Å²) in [6.07, 6.45) is -46.9. The van der Waals surface area contributed by atoms with Gasteiger partial charge in [-0.1, -0.05) is 41.5 Å². The van der Waals surface area contributed by atoms with Crippen molar-refractivity contribution in [2.24, 2.45) is 50.2 Å². The second kappa shape index (κ2) is 26.9. The van der Waals surface area contributed by atoms with Crippen LogP contribution in [0.15, 0.2) is 0 Å². The molecule has 0 aromatic rings. The van der Waals surface area contributed by atoms with Crippen LogP contribution in [0, 0.1) is 50.2 Å². The van der Waals surface area contributed by atoms with Gasteiger partial charge in [0.15, 0.2) is 44.0 Å². The maximum Gasteiger partial charge on any atom is 0.189 e. The molecule has 5 aliphatic carbocycles. The van der Waals surface area contributed by atoms with E-state index in [2.05, 4.69) is 34.6 Å². The summed E-state index contributed by atoms with van der Waals surface area (Å²) in [4.78, 5) is 12.7. The molecule has 32 nitrogen and oxygen atoms in total. The number of hydrogen-bond acceptors (Lipinski definition) is 32. The summed E-state index contributed by atoms with van der Waals surface area (Å²) in [6.45, 7) is 9.75. The third-order valence-corrected chi connectivity index (χ3v) is 25.9. The second-order valence-corrected chi connectivity index (χ2v) is 31.1. The zero-order chi connectivity index (χ0) is 68.8. The van der Waals surface area contributed by atoms with Crippen LogP contribution < -0.4 is 0 Å². The first-order valence-electron chi connectivity index (χ1n) is 33.7. The van der Waals surface area contributed by atoms with E-state index >= 15 is 0 Å². The zero-order valence-electron chi connectivity index (χ0n) is 54.2. The first-order valence-corrected chi connectivity index (χ1v) is 33.7. The fraction of sp³-hybridized carbons (Fsp3) is 0.984. The fourth-order valence-electron chi connectivity index (χ4n) is 20.1. The first kappa shape index (κ1) is 73.2. The summed E-state index contributed by atoms with van der Waals surface area (Å²) in [7, 11) is 0. The minimum Gasteiger partial charge on any atom is -0.394 e. The van der Waals surface area contributed by atoms with Crippen LogP contribution >= 0.6 is 0 Å². The summed E-state index contributed by atoms with van der Waals surface area (Å²) in [5.41, 5.74) is -3.12. The van der Waals surface area contributed by atoms with Gasteiger partial charge in [0.2, 0.25) is 0 Å². The van der Waals surface area contributed by atoms with Crippen molar-refractivity contribution in [3.8, 4) is 0 Å². The number of ether oxygens (including phenoxy) is 13. The van der Waals surface area contributed by atoms with E-state index in [4.69, 9.17) is 61.6 Å². The predicted octanol–water partition coefficient (Wildman–Crippen LogP) is -6.29. The predicted molar refractivity (Wildman–Crippen MR) is 311 cm³/mol. The van der Waals surface area contributed by atoms with E-state index in [0.717, 1.165) is 38.4 Å². The molecule has 0 radical (unpaired) electrons. The first-order chi connectivity index (χ1) is 44.7. The summed E-state index contributed by atoms with van der Waals surface area (Å²) in [5, 5.41) is 199. The maximum atomic E-state index is 12.8. The number of carbonyl (C=O) groups excluding carboxylic acids is 1. The van der Waals surface area contributed by atoms with Crippen molar-refractivity contribution in [2.75, 3.05) is 39.6 Å². The molecule has 5 saturated carbocycles. The van der Waals surface area contributed by atoms with Crippen molar-refractivity contribution in [1.29, 1.82) is 0 Å². The Morgan fingerprint density at radius 3 is 1.61 bits per heavy atom. The summed E-state index contributed by atoms with van der Waals surface area (Å²) >= 11 is 0. The molecule has 12 rings (SSSR count). The molecule has 0 unspecified atom stereocenters. The Bertz CT molecular complexity index is 2650. The van der Waals surface area contributed by atoms with Gasteiger partial charge >= 0.3 is 0 Å². The van der Waals surface area contributed by atoms with Gasteiger partial charge in [0.1, 0.15) is 134 Å². The Kier molecular flexibility index (Phi) is 20.7. The molecule has 0 aromatic heterocycles. The van der Waals surface area contributed by atoms with Crippen molar-refractivity contribution in [1.82, 2.24) is 0 Å². The van der Waals surface area contributed by atoms with E-state index in [9.17, 15) is 96.7 Å². The van der Waals surface area contributed by atoms with Crippen LogP contribution in [0.25, 0.3) is 0 Å². The normalized spacial score (nSPS) is 57.7. The topological polar surface area (TPSA) is 501 Å². The number of aliphatic hydroxyl groups is 18. The molecule has 39 atom stereocenters. The van der Waals surface area contributed by atoms with Gasteiger partial charge in [-0.2, -0.15) is 0 Å². The minimum absolute atomic E-state index is 0.0133. The molecule has 32 heteroatoms. The molecule has 12 aliphatic rings. The third-order valence-electron chi connectivity index (χ3n) is 25.9. The number of aliphatic hydroxyl groups excluding tert-OH is 18. The maximum absolute atomic E-state index is 12.8. The molecule has 546 valence electrons. The van der Waals surface area contributed by atoms with E-state index in [1.54, 1.807) is 0 Å². The lowest BCUT2D eigenvalue weighted by atomic mass is 9.30. The van der Waals surface area contributed by atoms with Crippen LogP contribution in [0.1, 0.15) is 106 Å². The van der Waals surface area contributed by atoms with Gasteiger partial charge in [0.25, 0.3) is 0 Å². The Balaban J connectivity index is 0.823. The smallest absolute Gasteiger partial charge is 0.189 e. The van der Waals surface area contributed by atoms with Gasteiger partial charge in [-0.15, -0.1) is 0 Å². The fourth-order valence-corrected chi connectivity index (χ4v) is 20.1. The van der Waals surface area contributed by atoms with Crippen LogP contribution in [0.4, 0.5) is 0 Å². The van der Waals surface area contributed by atoms with Gasteiger partial charge in [-0.05, 0) is 98.2 Å². The average molecular weight is 1370 g/mol. The molecule has 7 saturated heterocycles. The highest BCUT2D eigenvalue weighted by Crippen LogP contribution is 2.80. The van der Waals surface area contributed by atoms with E-state index in [0.29, 0.717) is 38.7 Å². The molecule has 95 heavy (non-hydrogen) atoms. The Hall–Kier alpha value is -1.57. The SMILES string of the molecule is CC1(C)[C@@H](O[C@@H]2OC[C@H](O[C@@H]3O[C@H](CO)[C@@H](O)[C@H](O[C@@H]4O[C@@H](O)[C@H](O)[C@@H](O)[C@H]4O)[C@H]3O[C@@H]3OC[C@@H](O)[C@H](O[C@@H]4O[C@H](CO)[C@@H](O)[C@H](O)[C@H]4O)[C@H]3O)[C@H](O)[C@H]2O[C@@H]2O[C@H](CO)[C@@H](O)[C@H](O)[C@H]2O)CC[C@]2(C)[C@H]3CC[C@]45OC[C@@]6(CC[C@](C)(C=O)C[C@H]64)[C@H](O)C[C@@]5(C)[C@]3(C)CC[C@@H]12. The number of carbonyl (C=O) groups is 1. The van der Waals surface area contributed by atoms with Gasteiger partial charge < -0.3 is 158 Å². The molecular weight excluding hydrogens is 1270 g/mol. The van der Waals surface area contributed by atoms with Crippen molar-refractivity contribution >= 4 is 6.29 Å². The molecular formula is C63H102O32. The highest BCUT2D eigenvalue weighted by Gasteiger charge is 2.80. The highest BCUT2D eigenvalue weighted by atomic mass is 16.8. The lowest BCUT2D eigenvalue weighted by Gasteiger charge is -2.75. The van der Waals surface area contributed by atoms with Crippen molar-refractivity contribution in [2.45, 2.75) is 296 Å². The average Bonchev–Trinajstić information content (AvgIpc) is 1.62. The largest absolute Gasteiger partial charge is 0.394 e. The van der Waals surface area contributed by atoms with Crippen molar-refractivity contribution in [3.05, 3.63) is 0 Å². The Labute approximate surface area is 548 Å². The van der Waals surface area contributed by atoms with Crippen LogP contribution in [0.3, 0.4) is 0 Å². The summed E-state index contributed by atoms with van der Waals surface area (Å²) in [6, 6.07) is 0. The lowest BCUT2D eigenvalue weighted by Crippen LogP contribution is -2.74. The van der Waals surface area contributed by atoms with E-state index in [1.807, 2.05) is 6.92 Å². The molecule has 7 heterocycles. The minimum atomic E-state index is -2.20. The van der Waals surface area contributed by atoms with Crippen molar-refractivity contribution < 1.29 is 158 Å². The van der Waals surface area contributed by atoms with E-state index < -0.39 is 245 Å². The van der Waals surface area contributed by atoms with Crippen LogP contribution in [0.5, 0.6) is 0 Å². The zero-order valence-corrected chi connectivity index (χ0v) is 54.2. The number of aldehydes is 1. The molecule has 0 amide bonds. The molecule has 0 aromatic carbocycles. The highest BCUT2D eigenvalue weighted by molar-refractivity contribution is 5.59. The molecule has 7 aliphatic heterocycles. The number of fused-ring (bicyclic) bond motifs is 4. The molecule has 18 N–H and O–H groups in total. The van der Waals surface area contributed by atoms with Gasteiger partial charge in [0, 0.05) is 16.2 Å². The Morgan fingerprint density at radius 2 is 0.989 bits per heavy atom. The monoisotopic (exact) mass is 1370 g/mol. The molecule has 2 bridgehead atoms. The van der Waals surface area contributed by atoms with E-state index in [1.165, 1.54) is 0 Å². The molecule has 12 fully saturated rings. The van der Waals surface area contributed by atoms with Crippen LogP contribution in [0.2, 0.25) is 0 Å². The number of hydrogen-bond donors (Lipinski definition) is 18. The van der Waals surface area contributed by atoms with Crippen LogP contribution in [-0.2, 0) is 66.4 Å². The third kappa shape index (κ3) is 11.8. The Morgan fingerprint density at radius 1 is 0.442 bits per heavy atom. The summed E-state index contributed by atoms with van der Waals surface area (Å²) in [5.74, 6) is 0.209. The van der Waals surface area contributed by atoms with Gasteiger partial charge in [-0.25, -0.2) is 0 Å². The standard InChI is InChI=1S/C63H102O32/c1-57(2)29-7-11-60(5)30(8-12-63-31-15-58(3,22-67)13-14-62(31,23-85-63)32(69)16-61(60,63)6)59(29,4)10-9-33(57)90-55-48(93-53-43(79)39(75)35(71)26(18-65)87-53)37(73)28(21-84-55)89-56-49(47(36(72)27(19-66)88-56)92-54-44(80)40(76)41(77)50(82)95-54)94-51-45(81)46(24(68)20-83-51)91-52-42(78)38(74)34(70)25(17-64)86-52/h22,24-56,64-66,68-82H,7-21,23H2,1-6H3/t24-,25-,26-,27-,28+,29+,30-,31-,32-,33+,34-,35-,36-,37+,38+,39+,40-,41-,42-,43-,44-,45-,46+,47+,48-,49-,50-,51+,52+,53+,54-,55+,56+,58+,59+,60-,61+,62-,63+/m1/s1. The summed E-state index contributed by atoms with van der Waals surface area (Å²) < 4.78 is 80.1. The van der Waals surface area contributed by atoms with Crippen LogP contribution in [-0.4, -0.2) is 328 Å². The molecule has 1 spiro atoms. The van der Waals surface area contributed by atoms with E-state index in [-0.39, 0.29) is 28.6 Å². The quantitative estimate of drug-likeness (QED) is 0.0505. The van der Waals surface area contributed by atoms with Gasteiger partial charge in [0.05, 0.1) is 57.5 Å². The number of rotatable bonds is 16.